The fourth-order valence-electron chi connectivity index (χ4n) is 3.27. The standard InChI is InChI=1S/C15H18ClF3N4O/c16-13-7-12(11(8-21-13)15(17,18)19)20-4-2-5-22-9-10-3-1-6-23(10)14(22)24/h7-8,10H,1-6,9H2,(H,20,21)/t10-/m0/s1. The number of carbonyl (C=O) groups excluding carboxylic acids is 1. The van der Waals surface area contributed by atoms with E-state index in [1.54, 1.807) is 4.90 Å². The zero-order valence-corrected chi connectivity index (χ0v) is 13.7. The molecule has 0 radical (unpaired) electrons. The van der Waals surface area contributed by atoms with Crippen LogP contribution in [-0.2, 0) is 6.18 Å². The minimum Gasteiger partial charge on any atom is -0.384 e. The van der Waals surface area contributed by atoms with Crippen LogP contribution in [0.25, 0.3) is 0 Å². The van der Waals surface area contributed by atoms with Crippen molar-refractivity contribution < 1.29 is 18.0 Å². The largest absolute Gasteiger partial charge is 0.419 e. The second-order valence-corrected chi connectivity index (χ2v) is 6.44. The number of rotatable bonds is 5. The van der Waals surface area contributed by atoms with Crippen LogP contribution in [0, 0.1) is 0 Å². The summed E-state index contributed by atoms with van der Waals surface area (Å²) in [7, 11) is 0. The lowest BCUT2D eigenvalue weighted by Crippen LogP contribution is -2.33. The van der Waals surface area contributed by atoms with Crippen LogP contribution >= 0.6 is 11.6 Å². The third-order valence-corrected chi connectivity index (χ3v) is 4.63. The average Bonchev–Trinajstić information content (AvgIpc) is 3.06. The van der Waals surface area contributed by atoms with Crippen molar-refractivity contribution >= 4 is 23.3 Å². The smallest absolute Gasteiger partial charge is 0.384 e. The van der Waals surface area contributed by atoms with Crippen molar-refractivity contribution in [1.29, 1.82) is 0 Å². The summed E-state index contributed by atoms with van der Waals surface area (Å²) in [6.07, 6.45) is -1.12. The summed E-state index contributed by atoms with van der Waals surface area (Å²) in [6.45, 7) is 2.37. The van der Waals surface area contributed by atoms with Crippen molar-refractivity contribution in [1.82, 2.24) is 14.8 Å². The minimum absolute atomic E-state index is 0.000783. The molecule has 9 heteroatoms. The van der Waals surface area contributed by atoms with Crippen LogP contribution in [0.1, 0.15) is 24.8 Å². The minimum atomic E-state index is -4.49. The number of carbonyl (C=O) groups is 1. The fraction of sp³-hybridized carbons (Fsp3) is 0.600. The Balaban J connectivity index is 1.52. The molecule has 3 rings (SSSR count). The molecule has 0 aliphatic carbocycles. The molecule has 1 N–H and O–H groups in total. The number of pyridine rings is 1. The highest BCUT2D eigenvalue weighted by molar-refractivity contribution is 6.29. The normalized spacial score (nSPS) is 20.7. The molecule has 2 amide bonds. The Bertz CT molecular complexity index is 625. The van der Waals surface area contributed by atoms with Gasteiger partial charge in [0.2, 0.25) is 0 Å². The van der Waals surface area contributed by atoms with Crippen LogP contribution < -0.4 is 5.32 Å². The zero-order chi connectivity index (χ0) is 17.3. The molecule has 1 aromatic heterocycles. The topological polar surface area (TPSA) is 48.5 Å². The maximum Gasteiger partial charge on any atom is 0.419 e. The highest BCUT2D eigenvalue weighted by atomic mass is 35.5. The Morgan fingerprint density at radius 3 is 2.92 bits per heavy atom. The van der Waals surface area contributed by atoms with Gasteiger partial charge >= 0.3 is 12.2 Å². The van der Waals surface area contributed by atoms with E-state index in [-0.39, 0.29) is 16.9 Å². The van der Waals surface area contributed by atoms with Crippen molar-refractivity contribution in [3.8, 4) is 0 Å². The van der Waals surface area contributed by atoms with Gasteiger partial charge in [-0.05, 0) is 25.3 Å². The molecule has 5 nitrogen and oxygen atoms in total. The summed E-state index contributed by atoms with van der Waals surface area (Å²) >= 11 is 5.68. The quantitative estimate of drug-likeness (QED) is 0.644. The summed E-state index contributed by atoms with van der Waals surface area (Å²) in [6, 6.07) is 1.52. The fourth-order valence-corrected chi connectivity index (χ4v) is 3.43. The Labute approximate surface area is 142 Å². The first kappa shape index (κ1) is 17.1. The van der Waals surface area contributed by atoms with Crippen molar-refractivity contribution in [2.24, 2.45) is 0 Å². The van der Waals surface area contributed by atoms with Gasteiger partial charge < -0.3 is 15.1 Å². The monoisotopic (exact) mass is 362 g/mol. The molecule has 0 aromatic carbocycles. The summed E-state index contributed by atoms with van der Waals surface area (Å²) < 4.78 is 38.8. The van der Waals surface area contributed by atoms with Gasteiger partial charge in [-0.2, -0.15) is 13.2 Å². The molecule has 0 spiro atoms. The van der Waals surface area contributed by atoms with Crippen LogP contribution in [0.5, 0.6) is 0 Å². The molecule has 24 heavy (non-hydrogen) atoms. The number of urea groups is 1. The van der Waals surface area contributed by atoms with Crippen LogP contribution in [-0.4, -0.2) is 53.0 Å². The number of nitrogens with zero attached hydrogens (tertiary/aromatic N) is 3. The molecule has 0 saturated carbocycles. The molecule has 2 aliphatic rings. The number of amides is 2. The molecule has 1 atom stereocenters. The molecular formula is C15H18ClF3N4O. The van der Waals surface area contributed by atoms with E-state index >= 15 is 0 Å². The number of hydrogen-bond donors (Lipinski definition) is 1. The highest BCUT2D eigenvalue weighted by Crippen LogP contribution is 2.35. The van der Waals surface area contributed by atoms with Gasteiger partial charge in [-0.25, -0.2) is 9.78 Å². The number of aromatic nitrogens is 1. The van der Waals surface area contributed by atoms with Crippen LogP contribution in [0.4, 0.5) is 23.7 Å². The first-order valence-corrected chi connectivity index (χ1v) is 8.26. The number of alkyl halides is 3. The molecule has 2 saturated heterocycles. The Morgan fingerprint density at radius 1 is 1.42 bits per heavy atom. The third kappa shape index (κ3) is 3.53. The summed E-state index contributed by atoms with van der Waals surface area (Å²) in [4.78, 5) is 19.3. The third-order valence-electron chi connectivity index (χ3n) is 4.42. The van der Waals surface area contributed by atoms with Gasteiger partial charge in [0.15, 0.2) is 0 Å². The van der Waals surface area contributed by atoms with Crippen molar-refractivity contribution in [3.05, 3.63) is 23.0 Å². The van der Waals surface area contributed by atoms with Crippen LogP contribution in [0.3, 0.4) is 0 Å². The molecule has 0 unspecified atom stereocenters. The molecule has 1 aromatic rings. The first-order valence-electron chi connectivity index (χ1n) is 7.88. The van der Waals surface area contributed by atoms with E-state index in [1.165, 1.54) is 6.07 Å². The Hall–Kier alpha value is -1.70. The first-order chi connectivity index (χ1) is 11.4. The summed E-state index contributed by atoms with van der Waals surface area (Å²) in [5, 5.41) is 2.75. The van der Waals surface area contributed by atoms with E-state index in [4.69, 9.17) is 11.6 Å². The predicted molar refractivity (Wildman–Crippen MR) is 84.1 cm³/mol. The molecule has 3 heterocycles. The summed E-state index contributed by atoms with van der Waals surface area (Å²) in [5.41, 5.74) is -0.930. The summed E-state index contributed by atoms with van der Waals surface area (Å²) in [5.74, 6) is 0. The number of halogens is 4. The molecule has 132 valence electrons. The SMILES string of the molecule is O=C1N(CCCNc2cc(Cl)ncc2C(F)(F)F)C[C@@H]2CCCN12. The van der Waals surface area contributed by atoms with Gasteiger partial charge in [0, 0.05) is 32.4 Å². The molecular weight excluding hydrogens is 345 g/mol. The van der Waals surface area contributed by atoms with Crippen molar-refractivity contribution in [3.63, 3.8) is 0 Å². The maximum absolute atomic E-state index is 12.9. The molecule has 2 aliphatic heterocycles. The second kappa shape index (κ2) is 6.66. The predicted octanol–water partition coefficient (Wildman–Crippen LogP) is 3.46. The maximum atomic E-state index is 12.9. The number of nitrogens with one attached hydrogen (secondary N) is 1. The van der Waals surface area contributed by atoms with Gasteiger partial charge in [-0.3, -0.25) is 0 Å². The molecule has 2 fully saturated rings. The number of fused-ring (bicyclic) bond motifs is 1. The highest BCUT2D eigenvalue weighted by Gasteiger charge is 2.39. The lowest BCUT2D eigenvalue weighted by Gasteiger charge is -2.18. The lowest BCUT2D eigenvalue weighted by atomic mass is 10.2. The van der Waals surface area contributed by atoms with E-state index in [0.29, 0.717) is 32.1 Å². The van der Waals surface area contributed by atoms with Gasteiger partial charge in [-0.1, -0.05) is 11.6 Å². The lowest BCUT2D eigenvalue weighted by molar-refractivity contribution is -0.137. The zero-order valence-electron chi connectivity index (χ0n) is 12.9. The van der Waals surface area contributed by atoms with E-state index in [9.17, 15) is 18.0 Å². The van der Waals surface area contributed by atoms with E-state index in [2.05, 4.69) is 10.3 Å². The Morgan fingerprint density at radius 2 is 2.21 bits per heavy atom. The molecule has 0 bridgehead atoms. The van der Waals surface area contributed by atoms with E-state index in [0.717, 1.165) is 25.6 Å². The second-order valence-electron chi connectivity index (χ2n) is 6.05. The van der Waals surface area contributed by atoms with Crippen molar-refractivity contribution in [2.75, 3.05) is 31.5 Å². The van der Waals surface area contributed by atoms with Gasteiger partial charge in [0.05, 0.1) is 17.3 Å². The average molecular weight is 363 g/mol. The van der Waals surface area contributed by atoms with E-state index in [1.807, 2.05) is 4.90 Å². The van der Waals surface area contributed by atoms with Crippen LogP contribution in [0.15, 0.2) is 12.3 Å². The van der Waals surface area contributed by atoms with Gasteiger partial charge in [0.1, 0.15) is 5.15 Å². The Kier molecular flexibility index (Phi) is 4.76. The number of anilines is 1. The number of hydrogen-bond acceptors (Lipinski definition) is 3. The van der Waals surface area contributed by atoms with E-state index < -0.39 is 11.7 Å². The van der Waals surface area contributed by atoms with Gasteiger partial charge in [0.25, 0.3) is 0 Å². The van der Waals surface area contributed by atoms with Crippen LogP contribution in [0.2, 0.25) is 5.15 Å². The van der Waals surface area contributed by atoms with Gasteiger partial charge in [-0.15, -0.1) is 0 Å². The van der Waals surface area contributed by atoms with Crippen molar-refractivity contribution in [2.45, 2.75) is 31.5 Å².